The Hall–Kier alpha value is -4.81. The highest BCUT2D eigenvalue weighted by molar-refractivity contribution is 6.38. The zero-order chi connectivity index (χ0) is 37.0. The van der Waals surface area contributed by atoms with Gasteiger partial charge in [0.1, 0.15) is 29.5 Å². The van der Waals surface area contributed by atoms with E-state index >= 15 is 4.39 Å². The molecule has 0 aliphatic heterocycles. The van der Waals surface area contributed by atoms with Crippen LogP contribution in [0, 0.1) is 5.92 Å². The maximum absolute atomic E-state index is 16.6. The van der Waals surface area contributed by atoms with Crippen molar-refractivity contribution in [2.24, 2.45) is 11.7 Å². The Morgan fingerprint density at radius 1 is 1.06 bits per heavy atom. The fraction of sp³-hybridized carbons (Fsp3) is 0.351. The number of hydrogen-bond acceptors (Lipinski definition) is 5. The molecule has 1 heterocycles. The number of aromatic amines is 1. The Labute approximate surface area is 304 Å². The van der Waals surface area contributed by atoms with E-state index in [1.54, 1.807) is 49.4 Å². The van der Waals surface area contributed by atoms with Gasteiger partial charge in [0.05, 0.1) is 10.5 Å². The maximum atomic E-state index is 16.6. The molecule has 5 rings (SSSR count). The molecule has 270 valence electrons. The van der Waals surface area contributed by atoms with Gasteiger partial charge in [0.2, 0.25) is 17.7 Å². The number of nitrogens with one attached hydrogen (secondary N) is 3. The van der Waals surface area contributed by atoms with E-state index in [0.717, 1.165) is 5.69 Å². The molecule has 4 amide bonds. The number of carboxylic acid groups (broad SMARTS) is 1. The van der Waals surface area contributed by atoms with Gasteiger partial charge in [-0.15, -0.1) is 0 Å². The normalized spacial score (nSPS) is 17.8. The number of primary amides is 1. The third-order valence-electron chi connectivity index (χ3n) is 9.66. The van der Waals surface area contributed by atoms with Crippen LogP contribution in [0.3, 0.4) is 0 Å². The number of halogens is 3. The molecule has 5 atom stereocenters. The third-order valence-corrected chi connectivity index (χ3v) is 10.2. The number of alkyl halides is 1. The first-order chi connectivity index (χ1) is 24.2. The topological polar surface area (TPSA) is 178 Å². The quantitative estimate of drug-likeness (QED) is 0.103. The number of carbonyl (C=O) groups is 4. The number of phenols is 1. The average molecular weight is 741 g/mol. The molecule has 2 unspecified atom stereocenters. The Morgan fingerprint density at radius 3 is 2.37 bits per heavy atom. The number of carbonyl (C=O) groups excluding carboxylic acids is 3. The summed E-state index contributed by atoms with van der Waals surface area (Å²) >= 11 is 12.9. The fourth-order valence-electron chi connectivity index (χ4n) is 6.68. The molecule has 0 saturated carbocycles. The Bertz CT molecular complexity index is 1920. The minimum Gasteiger partial charge on any atom is -0.508 e. The second kappa shape index (κ2) is 15.6. The number of H-pyrrole nitrogens is 1. The lowest BCUT2D eigenvalue weighted by Gasteiger charge is -2.40. The van der Waals surface area contributed by atoms with E-state index in [1.165, 1.54) is 24.3 Å². The highest BCUT2D eigenvalue weighted by atomic mass is 35.5. The van der Waals surface area contributed by atoms with Gasteiger partial charge < -0.3 is 31.6 Å². The third kappa shape index (κ3) is 8.23. The number of benzene rings is 3. The van der Waals surface area contributed by atoms with Crippen LogP contribution in [0.2, 0.25) is 10.0 Å². The number of aromatic hydroxyl groups is 1. The molecule has 1 aliphatic carbocycles. The molecule has 0 fully saturated rings. The first-order valence-electron chi connectivity index (χ1n) is 16.6. The van der Waals surface area contributed by atoms with Gasteiger partial charge in [-0.05, 0) is 59.7 Å². The largest absolute Gasteiger partial charge is 0.508 e. The van der Waals surface area contributed by atoms with E-state index in [0.29, 0.717) is 49.0 Å². The van der Waals surface area contributed by atoms with Crippen molar-refractivity contribution in [2.75, 3.05) is 0 Å². The summed E-state index contributed by atoms with van der Waals surface area (Å²) in [4.78, 5) is 58.4. The van der Waals surface area contributed by atoms with Gasteiger partial charge >= 0.3 is 6.09 Å². The predicted octanol–water partition coefficient (Wildman–Crippen LogP) is 5.67. The van der Waals surface area contributed by atoms with Gasteiger partial charge in [-0.2, -0.15) is 0 Å². The van der Waals surface area contributed by atoms with E-state index in [9.17, 15) is 29.4 Å². The molecule has 0 saturated heterocycles. The number of nitrogens with zero attached hydrogens (tertiary/aromatic N) is 1. The summed E-state index contributed by atoms with van der Waals surface area (Å²) in [5.74, 6) is -2.95. The molecule has 0 spiro atoms. The molecule has 0 bridgehead atoms. The van der Waals surface area contributed by atoms with Crippen LogP contribution >= 0.6 is 23.2 Å². The molecule has 11 nitrogen and oxygen atoms in total. The summed E-state index contributed by atoms with van der Waals surface area (Å²) in [6.07, 6.45) is -3.38. The van der Waals surface area contributed by atoms with Crippen LogP contribution < -0.4 is 16.4 Å². The fourth-order valence-corrected chi connectivity index (χ4v) is 7.22. The lowest BCUT2D eigenvalue weighted by Crippen LogP contribution is -2.67. The van der Waals surface area contributed by atoms with E-state index in [2.05, 4.69) is 15.6 Å². The number of phenolic OH excluding ortho intramolecular Hbond substituents is 1. The number of amides is 4. The van der Waals surface area contributed by atoms with Crippen molar-refractivity contribution in [3.05, 3.63) is 99.2 Å². The molecule has 3 aromatic carbocycles. The van der Waals surface area contributed by atoms with Crippen LogP contribution in [0.4, 0.5) is 9.18 Å². The Balaban J connectivity index is 1.59. The van der Waals surface area contributed by atoms with Crippen molar-refractivity contribution in [1.82, 2.24) is 20.5 Å². The summed E-state index contributed by atoms with van der Waals surface area (Å²) in [6.45, 7) is 3.26. The Kier molecular flexibility index (Phi) is 11.5. The predicted molar refractivity (Wildman–Crippen MR) is 192 cm³/mol. The maximum Gasteiger partial charge on any atom is 0.408 e. The highest BCUT2D eigenvalue weighted by Gasteiger charge is 2.48. The van der Waals surface area contributed by atoms with Gasteiger partial charge in [-0.25, -0.2) is 9.18 Å². The van der Waals surface area contributed by atoms with Crippen molar-refractivity contribution in [3.8, 4) is 5.75 Å². The summed E-state index contributed by atoms with van der Waals surface area (Å²) in [5.41, 5.74) is 6.81. The van der Waals surface area contributed by atoms with E-state index in [1.807, 2.05) is 6.92 Å². The van der Waals surface area contributed by atoms with Crippen molar-refractivity contribution in [2.45, 2.75) is 76.3 Å². The summed E-state index contributed by atoms with van der Waals surface area (Å²) in [7, 11) is 0. The standard InChI is InChI=1S/C37H40Cl2FN5O6/c1-3-20(2)30(33(41)47)43-35(49)37(14-13-29-26(18-37)25-16-23(38)17-27(39)31(25)42-29)44-34(48)32(28(40)15-21-9-11-24(46)12-10-21)45(36(50)51)19-22-7-5-4-6-8-22/h4-12,16-17,20,28,30,32,42,46H,3,13-15,18-19H2,1-2H3,(H2,41,47)(H,43,49)(H,44,48)(H,50,51)/t20-,28?,30-,32?,37+/m0/s1. The molecule has 1 aliphatic rings. The highest BCUT2D eigenvalue weighted by Crippen LogP contribution is 2.38. The van der Waals surface area contributed by atoms with Crippen LogP contribution in [0.1, 0.15) is 49.1 Å². The van der Waals surface area contributed by atoms with Crippen LogP contribution in [0.5, 0.6) is 5.75 Å². The number of rotatable bonds is 13. The summed E-state index contributed by atoms with van der Waals surface area (Å²) in [6, 6.07) is 14.4. The lowest BCUT2D eigenvalue weighted by atomic mass is 9.78. The van der Waals surface area contributed by atoms with Crippen LogP contribution in [-0.2, 0) is 40.2 Å². The van der Waals surface area contributed by atoms with E-state index in [-0.39, 0.29) is 43.9 Å². The second-order valence-electron chi connectivity index (χ2n) is 13.1. The SMILES string of the molecule is CC[C@H](C)[C@H](NC(=O)[C@@]1(NC(=O)C(C(F)Cc2ccc(O)cc2)N(Cc2ccccc2)C(=O)O)CCc2[nH]c3c(Cl)cc(Cl)cc3c2C1)C(N)=O. The zero-order valence-electron chi connectivity index (χ0n) is 28.1. The van der Waals surface area contributed by atoms with Crippen molar-refractivity contribution < 1.29 is 33.8 Å². The van der Waals surface area contributed by atoms with Crippen molar-refractivity contribution in [1.29, 1.82) is 0 Å². The smallest absolute Gasteiger partial charge is 0.408 e. The number of nitrogens with two attached hydrogens (primary N) is 1. The molecule has 1 aromatic heterocycles. The lowest BCUT2D eigenvalue weighted by molar-refractivity contribution is -0.139. The van der Waals surface area contributed by atoms with Crippen molar-refractivity contribution in [3.63, 3.8) is 0 Å². The van der Waals surface area contributed by atoms with Gasteiger partial charge in [0, 0.05) is 35.5 Å². The molecular weight excluding hydrogens is 700 g/mol. The van der Waals surface area contributed by atoms with E-state index < -0.39 is 47.6 Å². The zero-order valence-corrected chi connectivity index (χ0v) is 29.6. The average Bonchev–Trinajstić information content (AvgIpc) is 3.45. The van der Waals surface area contributed by atoms with Gasteiger partial charge in [-0.3, -0.25) is 19.3 Å². The minimum absolute atomic E-state index is 0.00905. The van der Waals surface area contributed by atoms with E-state index in [4.69, 9.17) is 28.9 Å². The molecule has 0 radical (unpaired) electrons. The van der Waals surface area contributed by atoms with Crippen LogP contribution in [0.15, 0.2) is 66.7 Å². The van der Waals surface area contributed by atoms with Gasteiger partial charge in [0.15, 0.2) is 0 Å². The molecular formula is C37H40Cl2FN5O6. The summed E-state index contributed by atoms with van der Waals surface area (Å²) in [5, 5.41) is 27.0. The second-order valence-corrected chi connectivity index (χ2v) is 14.0. The number of fused-ring (bicyclic) bond motifs is 3. The van der Waals surface area contributed by atoms with Crippen LogP contribution in [-0.4, -0.2) is 67.7 Å². The number of hydrogen-bond donors (Lipinski definition) is 6. The first kappa shape index (κ1) is 37.4. The minimum atomic E-state index is -2.09. The monoisotopic (exact) mass is 739 g/mol. The summed E-state index contributed by atoms with van der Waals surface area (Å²) < 4.78 is 16.6. The number of aromatic nitrogens is 1. The number of aryl methyl sites for hydroxylation is 1. The Morgan fingerprint density at radius 2 is 1.75 bits per heavy atom. The van der Waals surface area contributed by atoms with Crippen molar-refractivity contribution >= 4 is 57.9 Å². The van der Waals surface area contributed by atoms with Gasteiger partial charge in [0.25, 0.3) is 0 Å². The molecule has 14 heteroatoms. The molecule has 4 aromatic rings. The van der Waals surface area contributed by atoms with Crippen LogP contribution in [0.25, 0.3) is 10.9 Å². The molecule has 7 N–H and O–H groups in total. The van der Waals surface area contributed by atoms with Gasteiger partial charge in [-0.1, -0.05) is 85.9 Å². The first-order valence-corrected chi connectivity index (χ1v) is 17.3. The molecule has 51 heavy (non-hydrogen) atoms.